The highest BCUT2D eigenvalue weighted by Gasteiger charge is 2.15. The Bertz CT molecular complexity index is 1480. The maximum absolute atomic E-state index is 12.7. The molecule has 8 nitrogen and oxygen atoms in total. The lowest BCUT2D eigenvalue weighted by Crippen LogP contribution is -2.15. The summed E-state index contributed by atoms with van der Waals surface area (Å²) in [7, 11) is -3.84. The van der Waals surface area contributed by atoms with E-state index in [1.807, 2.05) is 54.6 Å². The highest BCUT2D eigenvalue weighted by atomic mass is 32.2. The maximum Gasteiger partial charge on any atom is 0.263 e. The third-order valence-electron chi connectivity index (χ3n) is 5.19. The minimum absolute atomic E-state index is 0.0459. The molecule has 0 aliphatic carbocycles. The Balaban J connectivity index is 1.31. The Kier molecular flexibility index (Phi) is 7.95. The molecular formula is C28H26N4O4S. The normalized spacial score (nSPS) is 11.3. The average Bonchev–Trinajstić information content (AvgIpc) is 2.87. The number of rotatable bonds is 9. The summed E-state index contributed by atoms with van der Waals surface area (Å²) in [5.41, 5.74) is 3.04. The van der Waals surface area contributed by atoms with Crippen molar-refractivity contribution in [2.45, 2.75) is 25.3 Å². The van der Waals surface area contributed by atoms with Crippen LogP contribution in [0.3, 0.4) is 0 Å². The molecule has 1 aromatic heterocycles. The number of aromatic nitrogens is 2. The Hall–Kier alpha value is -4.50. The molecule has 0 bridgehead atoms. The fourth-order valence-electron chi connectivity index (χ4n) is 3.46. The number of sulfonamides is 1. The number of hydrogen-bond donors (Lipinski definition) is 2. The molecule has 3 aromatic carbocycles. The first-order valence-electron chi connectivity index (χ1n) is 11.5. The number of hydrogen-bond acceptors (Lipinski definition) is 6. The Labute approximate surface area is 216 Å². The fraction of sp³-hybridized carbons (Fsp3) is 0.107. The fourth-order valence-corrected chi connectivity index (χ4v) is 4.45. The monoisotopic (exact) mass is 514 g/mol. The molecule has 0 radical (unpaired) electrons. The van der Waals surface area contributed by atoms with Crippen LogP contribution in [-0.2, 0) is 21.4 Å². The van der Waals surface area contributed by atoms with E-state index in [0.717, 1.165) is 16.9 Å². The van der Waals surface area contributed by atoms with Crippen molar-refractivity contribution >= 4 is 33.5 Å². The number of nitrogens with one attached hydrogen (secondary N) is 2. The maximum atomic E-state index is 12.7. The largest absolute Gasteiger partial charge is 0.489 e. The molecule has 4 rings (SSSR count). The van der Waals surface area contributed by atoms with Crippen LogP contribution in [0, 0.1) is 13.8 Å². The van der Waals surface area contributed by atoms with Gasteiger partial charge < -0.3 is 10.1 Å². The van der Waals surface area contributed by atoms with Crippen LogP contribution in [0.2, 0.25) is 0 Å². The van der Waals surface area contributed by atoms with Gasteiger partial charge in [-0.15, -0.1) is 0 Å². The van der Waals surface area contributed by atoms with Crippen molar-refractivity contribution in [1.82, 2.24) is 9.97 Å². The van der Waals surface area contributed by atoms with Gasteiger partial charge in [-0.3, -0.25) is 9.52 Å². The first kappa shape index (κ1) is 25.6. The first-order valence-corrected chi connectivity index (χ1v) is 13.0. The third-order valence-corrected chi connectivity index (χ3v) is 6.56. The summed E-state index contributed by atoms with van der Waals surface area (Å²) in [6.07, 6.45) is 3.09. The molecule has 188 valence electrons. The molecule has 0 spiro atoms. The van der Waals surface area contributed by atoms with E-state index in [0.29, 0.717) is 23.8 Å². The quantitative estimate of drug-likeness (QED) is 0.300. The molecule has 0 saturated heterocycles. The minimum atomic E-state index is -3.84. The zero-order chi connectivity index (χ0) is 26.3. The number of anilines is 2. The molecule has 0 saturated carbocycles. The molecule has 0 aliphatic rings. The van der Waals surface area contributed by atoms with Gasteiger partial charge in [0.2, 0.25) is 5.91 Å². The smallest absolute Gasteiger partial charge is 0.263 e. The molecule has 2 N–H and O–H groups in total. The number of aryl methyl sites for hydroxylation is 2. The van der Waals surface area contributed by atoms with E-state index in [-0.39, 0.29) is 16.6 Å². The summed E-state index contributed by atoms with van der Waals surface area (Å²) >= 11 is 0. The minimum Gasteiger partial charge on any atom is -0.489 e. The summed E-state index contributed by atoms with van der Waals surface area (Å²) in [5.74, 6) is 1.06. The lowest BCUT2D eigenvalue weighted by molar-refractivity contribution is -0.111. The van der Waals surface area contributed by atoms with Crippen molar-refractivity contribution in [3.05, 3.63) is 114 Å². The molecule has 37 heavy (non-hydrogen) atoms. The van der Waals surface area contributed by atoms with Crippen LogP contribution in [0.5, 0.6) is 5.75 Å². The van der Waals surface area contributed by atoms with Gasteiger partial charge in [0.1, 0.15) is 24.0 Å². The van der Waals surface area contributed by atoms with E-state index < -0.39 is 10.0 Å². The number of nitrogens with zero attached hydrogens (tertiary/aromatic N) is 2. The van der Waals surface area contributed by atoms with Gasteiger partial charge in [-0.2, -0.15) is 0 Å². The molecule has 0 atom stereocenters. The number of ether oxygens (including phenoxy) is 1. The zero-order valence-corrected chi connectivity index (χ0v) is 21.2. The van der Waals surface area contributed by atoms with E-state index in [1.54, 1.807) is 26.0 Å². The standard InChI is InChI=1S/C28H26N4O4S/c1-20-18-27(30-21(2)29-20)32-37(34,35)26-15-11-24(12-16-26)31-28(33)17-10-22-8-13-25(14-9-22)36-19-23-6-4-3-5-7-23/h3-18H,19H2,1-2H3,(H,31,33)(H,29,30,32). The molecule has 4 aromatic rings. The van der Waals surface area contributed by atoms with Crippen molar-refractivity contribution in [1.29, 1.82) is 0 Å². The number of amides is 1. The first-order chi connectivity index (χ1) is 17.8. The van der Waals surface area contributed by atoms with Gasteiger partial charge in [-0.05, 0) is 67.4 Å². The van der Waals surface area contributed by atoms with Crippen LogP contribution in [-0.4, -0.2) is 24.3 Å². The Morgan fingerprint density at radius 3 is 2.30 bits per heavy atom. The highest BCUT2D eigenvalue weighted by molar-refractivity contribution is 7.92. The molecule has 9 heteroatoms. The van der Waals surface area contributed by atoms with Crippen LogP contribution in [0.25, 0.3) is 6.08 Å². The summed E-state index contributed by atoms with van der Waals surface area (Å²) in [6.45, 7) is 3.93. The molecular weight excluding hydrogens is 488 g/mol. The molecule has 1 heterocycles. The molecule has 0 fully saturated rings. The van der Waals surface area contributed by atoms with Crippen molar-refractivity contribution in [3.63, 3.8) is 0 Å². The second kappa shape index (κ2) is 11.5. The van der Waals surface area contributed by atoms with Gasteiger partial charge in [-0.25, -0.2) is 18.4 Å². The van der Waals surface area contributed by atoms with Crippen molar-refractivity contribution in [3.8, 4) is 5.75 Å². The summed E-state index contributed by atoms with van der Waals surface area (Å²) in [4.78, 5) is 20.6. The van der Waals surface area contributed by atoms with Crippen LogP contribution >= 0.6 is 0 Å². The van der Waals surface area contributed by atoms with Crippen LogP contribution < -0.4 is 14.8 Å². The second-order valence-corrected chi connectivity index (χ2v) is 9.92. The van der Waals surface area contributed by atoms with E-state index in [1.165, 1.54) is 30.3 Å². The topological polar surface area (TPSA) is 110 Å². The van der Waals surface area contributed by atoms with Gasteiger partial charge in [0.15, 0.2) is 0 Å². The SMILES string of the molecule is Cc1cc(NS(=O)(=O)c2ccc(NC(=O)C=Cc3ccc(OCc4ccccc4)cc3)cc2)nc(C)n1. The second-order valence-electron chi connectivity index (χ2n) is 8.24. The van der Waals surface area contributed by atoms with Gasteiger partial charge in [0.25, 0.3) is 10.0 Å². The summed E-state index contributed by atoms with van der Waals surface area (Å²) < 4.78 is 33.6. The van der Waals surface area contributed by atoms with E-state index in [2.05, 4.69) is 20.0 Å². The number of carbonyl (C=O) groups excluding carboxylic acids is 1. The molecule has 1 amide bonds. The predicted molar refractivity (Wildman–Crippen MR) is 144 cm³/mol. The van der Waals surface area contributed by atoms with E-state index in [4.69, 9.17) is 4.74 Å². The molecule has 0 unspecified atom stereocenters. The summed E-state index contributed by atoms with van der Waals surface area (Å²) in [5, 5.41) is 2.72. The Morgan fingerprint density at radius 2 is 1.62 bits per heavy atom. The lowest BCUT2D eigenvalue weighted by Gasteiger charge is -2.09. The zero-order valence-electron chi connectivity index (χ0n) is 20.4. The van der Waals surface area contributed by atoms with Gasteiger partial charge >= 0.3 is 0 Å². The van der Waals surface area contributed by atoms with Crippen molar-refractivity contribution in [2.24, 2.45) is 0 Å². The van der Waals surface area contributed by atoms with Gasteiger partial charge in [0.05, 0.1) is 4.90 Å². The number of carbonyl (C=O) groups is 1. The predicted octanol–water partition coefficient (Wildman–Crippen LogP) is 5.13. The van der Waals surface area contributed by atoms with Gasteiger partial charge in [-0.1, -0.05) is 42.5 Å². The third kappa shape index (κ3) is 7.49. The van der Waals surface area contributed by atoms with E-state index in [9.17, 15) is 13.2 Å². The molecule has 0 aliphatic heterocycles. The van der Waals surface area contributed by atoms with Crippen LogP contribution in [0.4, 0.5) is 11.5 Å². The van der Waals surface area contributed by atoms with Gasteiger partial charge in [0, 0.05) is 23.5 Å². The van der Waals surface area contributed by atoms with Crippen molar-refractivity contribution in [2.75, 3.05) is 10.0 Å². The Morgan fingerprint density at radius 1 is 0.919 bits per heavy atom. The number of benzene rings is 3. The summed E-state index contributed by atoms with van der Waals surface area (Å²) in [6, 6.07) is 24.7. The van der Waals surface area contributed by atoms with Crippen LogP contribution in [0.15, 0.2) is 95.9 Å². The van der Waals surface area contributed by atoms with E-state index >= 15 is 0 Å². The lowest BCUT2D eigenvalue weighted by atomic mass is 10.2. The van der Waals surface area contributed by atoms with Crippen LogP contribution in [0.1, 0.15) is 22.6 Å². The average molecular weight is 515 g/mol. The van der Waals surface area contributed by atoms with Crippen molar-refractivity contribution < 1.29 is 17.9 Å². The highest BCUT2D eigenvalue weighted by Crippen LogP contribution is 2.19.